The average molecular weight is 311 g/mol. The van der Waals surface area contributed by atoms with Crippen LogP contribution in [0.25, 0.3) is 0 Å². The number of rotatable bonds is 5. The predicted octanol–water partition coefficient (Wildman–Crippen LogP) is 3.63. The zero-order chi connectivity index (χ0) is 13.0. The molecule has 100 valence electrons. The molecular formula is C15H23BrN2. The molecule has 0 aliphatic carbocycles. The van der Waals surface area contributed by atoms with Crippen LogP contribution in [0.5, 0.6) is 0 Å². The van der Waals surface area contributed by atoms with Gasteiger partial charge < -0.3 is 10.6 Å². The molecule has 1 aromatic carbocycles. The number of nitrogens with one attached hydrogen (secondary N) is 2. The minimum Gasteiger partial charge on any atom is -0.314 e. The first-order valence-electron chi connectivity index (χ1n) is 6.90. The zero-order valence-corrected chi connectivity index (χ0v) is 12.8. The topological polar surface area (TPSA) is 24.1 Å². The Morgan fingerprint density at radius 3 is 2.94 bits per heavy atom. The second-order valence-corrected chi connectivity index (χ2v) is 6.29. The van der Waals surface area contributed by atoms with Crippen molar-refractivity contribution in [1.82, 2.24) is 10.6 Å². The molecule has 0 bridgehead atoms. The van der Waals surface area contributed by atoms with E-state index in [0.717, 1.165) is 4.47 Å². The maximum Gasteiger partial charge on any atom is 0.0294 e. The lowest BCUT2D eigenvalue weighted by molar-refractivity contribution is 0.407. The second kappa shape index (κ2) is 6.69. The number of halogens is 1. The van der Waals surface area contributed by atoms with Gasteiger partial charge in [0.2, 0.25) is 0 Å². The Labute approximate surface area is 119 Å². The first-order valence-corrected chi connectivity index (χ1v) is 7.69. The van der Waals surface area contributed by atoms with E-state index in [1.165, 1.54) is 31.4 Å². The third-order valence-corrected chi connectivity index (χ3v) is 4.18. The molecule has 1 heterocycles. The van der Waals surface area contributed by atoms with Crippen LogP contribution in [-0.2, 0) is 0 Å². The quantitative estimate of drug-likeness (QED) is 0.868. The Morgan fingerprint density at radius 2 is 2.28 bits per heavy atom. The van der Waals surface area contributed by atoms with E-state index < -0.39 is 0 Å². The van der Waals surface area contributed by atoms with Gasteiger partial charge in [-0.05, 0) is 57.4 Å². The van der Waals surface area contributed by atoms with Gasteiger partial charge in [0, 0.05) is 22.6 Å². The number of hydrogen-bond acceptors (Lipinski definition) is 2. The Balaban J connectivity index is 1.84. The van der Waals surface area contributed by atoms with Crippen molar-refractivity contribution >= 4 is 15.9 Å². The maximum absolute atomic E-state index is 3.69. The molecule has 3 heteroatoms. The van der Waals surface area contributed by atoms with E-state index in [2.05, 4.69) is 64.7 Å². The van der Waals surface area contributed by atoms with Gasteiger partial charge >= 0.3 is 0 Å². The first-order chi connectivity index (χ1) is 8.65. The fourth-order valence-electron chi connectivity index (χ4n) is 2.75. The van der Waals surface area contributed by atoms with Gasteiger partial charge in [-0.2, -0.15) is 0 Å². The van der Waals surface area contributed by atoms with Crippen LogP contribution in [0, 0.1) is 0 Å². The van der Waals surface area contributed by atoms with Gasteiger partial charge in [-0.15, -0.1) is 0 Å². The van der Waals surface area contributed by atoms with Crippen LogP contribution in [0.1, 0.15) is 44.7 Å². The van der Waals surface area contributed by atoms with Crippen molar-refractivity contribution < 1.29 is 0 Å². The van der Waals surface area contributed by atoms with Crippen molar-refractivity contribution in [2.75, 3.05) is 6.54 Å². The van der Waals surface area contributed by atoms with Crippen molar-refractivity contribution in [3.05, 3.63) is 34.3 Å². The summed E-state index contributed by atoms with van der Waals surface area (Å²) in [6.07, 6.45) is 3.88. The summed E-state index contributed by atoms with van der Waals surface area (Å²) in [5.74, 6) is 0. The first kappa shape index (κ1) is 14.0. The van der Waals surface area contributed by atoms with Crippen molar-refractivity contribution in [3.8, 4) is 0 Å². The summed E-state index contributed by atoms with van der Waals surface area (Å²) in [7, 11) is 0. The molecule has 1 aliphatic rings. The summed E-state index contributed by atoms with van der Waals surface area (Å²) in [6, 6.07) is 10.2. The van der Waals surface area contributed by atoms with Crippen LogP contribution >= 0.6 is 15.9 Å². The SMILES string of the molecule is CC(CC1CCCN1)N[C@@H](C)c1cccc(Br)c1. The van der Waals surface area contributed by atoms with Crippen LogP contribution in [0.3, 0.4) is 0 Å². The monoisotopic (exact) mass is 310 g/mol. The highest BCUT2D eigenvalue weighted by atomic mass is 79.9. The van der Waals surface area contributed by atoms with E-state index in [1.54, 1.807) is 0 Å². The van der Waals surface area contributed by atoms with Crippen LogP contribution in [0.4, 0.5) is 0 Å². The molecular weight excluding hydrogens is 288 g/mol. The van der Waals surface area contributed by atoms with Crippen molar-refractivity contribution in [2.24, 2.45) is 0 Å². The third kappa shape index (κ3) is 4.08. The van der Waals surface area contributed by atoms with Gasteiger partial charge in [-0.3, -0.25) is 0 Å². The van der Waals surface area contributed by atoms with Crippen LogP contribution in [0.2, 0.25) is 0 Å². The standard InChI is InChI=1S/C15H23BrN2/c1-11(9-15-7-4-8-17-15)18-12(2)13-5-3-6-14(16)10-13/h3,5-6,10-12,15,17-18H,4,7-9H2,1-2H3/t11?,12-,15?/m0/s1. The molecule has 1 aliphatic heterocycles. The Bertz CT molecular complexity index is 375. The molecule has 18 heavy (non-hydrogen) atoms. The predicted molar refractivity (Wildman–Crippen MR) is 80.8 cm³/mol. The molecule has 2 unspecified atom stereocenters. The Kier molecular flexibility index (Phi) is 5.22. The fourth-order valence-corrected chi connectivity index (χ4v) is 3.17. The Morgan fingerprint density at radius 1 is 1.44 bits per heavy atom. The van der Waals surface area contributed by atoms with Gasteiger partial charge in [-0.25, -0.2) is 0 Å². The molecule has 1 saturated heterocycles. The van der Waals surface area contributed by atoms with Gasteiger partial charge in [0.05, 0.1) is 0 Å². The summed E-state index contributed by atoms with van der Waals surface area (Å²) in [6.45, 7) is 5.72. The lowest BCUT2D eigenvalue weighted by Crippen LogP contribution is -2.35. The van der Waals surface area contributed by atoms with Gasteiger partial charge in [-0.1, -0.05) is 28.1 Å². The van der Waals surface area contributed by atoms with E-state index in [4.69, 9.17) is 0 Å². The lowest BCUT2D eigenvalue weighted by atomic mass is 10.0. The van der Waals surface area contributed by atoms with Crippen LogP contribution < -0.4 is 10.6 Å². The summed E-state index contributed by atoms with van der Waals surface area (Å²) in [4.78, 5) is 0. The minimum absolute atomic E-state index is 0.402. The minimum atomic E-state index is 0.402. The van der Waals surface area contributed by atoms with E-state index >= 15 is 0 Å². The highest BCUT2D eigenvalue weighted by molar-refractivity contribution is 9.10. The largest absolute Gasteiger partial charge is 0.314 e. The summed E-state index contributed by atoms with van der Waals surface area (Å²) >= 11 is 3.53. The Hall–Kier alpha value is -0.380. The van der Waals surface area contributed by atoms with Crippen molar-refractivity contribution in [2.45, 2.75) is 51.2 Å². The molecule has 3 atom stereocenters. The average Bonchev–Trinajstić information content (AvgIpc) is 2.81. The van der Waals surface area contributed by atoms with E-state index in [0.29, 0.717) is 18.1 Å². The third-order valence-electron chi connectivity index (χ3n) is 3.68. The van der Waals surface area contributed by atoms with Crippen LogP contribution in [-0.4, -0.2) is 18.6 Å². The molecule has 0 spiro atoms. The smallest absolute Gasteiger partial charge is 0.0294 e. The lowest BCUT2D eigenvalue weighted by Gasteiger charge is -2.23. The van der Waals surface area contributed by atoms with Gasteiger partial charge in [0.25, 0.3) is 0 Å². The normalized spacial score (nSPS) is 22.9. The molecule has 0 amide bonds. The number of benzene rings is 1. The van der Waals surface area contributed by atoms with E-state index in [-0.39, 0.29) is 0 Å². The number of hydrogen-bond donors (Lipinski definition) is 2. The maximum atomic E-state index is 3.69. The molecule has 1 aromatic rings. The van der Waals surface area contributed by atoms with E-state index in [9.17, 15) is 0 Å². The van der Waals surface area contributed by atoms with Crippen LogP contribution in [0.15, 0.2) is 28.7 Å². The van der Waals surface area contributed by atoms with Gasteiger partial charge in [0.15, 0.2) is 0 Å². The molecule has 0 radical (unpaired) electrons. The van der Waals surface area contributed by atoms with E-state index in [1.807, 2.05) is 0 Å². The molecule has 2 nitrogen and oxygen atoms in total. The summed E-state index contributed by atoms with van der Waals surface area (Å²) < 4.78 is 1.15. The van der Waals surface area contributed by atoms with Crippen molar-refractivity contribution in [3.63, 3.8) is 0 Å². The molecule has 2 N–H and O–H groups in total. The van der Waals surface area contributed by atoms with Crippen molar-refractivity contribution in [1.29, 1.82) is 0 Å². The summed E-state index contributed by atoms with van der Waals surface area (Å²) in [5, 5.41) is 7.25. The highest BCUT2D eigenvalue weighted by Gasteiger charge is 2.18. The molecule has 1 fully saturated rings. The zero-order valence-electron chi connectivity index (χ0n) is 11.2. The highest BCUT2D eigenvalue weighted by Crippen LogP contribution is 2.19. The van der Waals surface area contributed by atoms with Gasteiger partial charge in [0.1, 0.15) is 0 Å². The summed E-state index contributed by atoms with van der Waals surface area (Å²) in [5.41, 5.74) is 1.34. The molecule has 0 aromatic heterocycles. The fraction of sp³-hybridized carbons (Fsp3) is 0.600. The second-order valence-electron chi connectivity index (χ2n) is 5.37. The molecule has 0 saturated carbocycles. The molecule has 2 rings (SSSR count).